The summed E-state index contributed by atoms with van der Waals surface area (Å²) >= 11 is 0. The molecule has 3 N–H and O–H groups in total. The molecule has 2 rings (SSSR count). The Morgan fingerprint density at radius 3 is 2.73 bits per heavy atom. The summed E-state index contributed by atoms with van der Waals surface area (Å²) < 4.78 is 0. The standard InChI is InChI=1S/C11H21N3O/c1-8-9(12)5-7-14(8)11(15)10-4-2-3-6-13-10/h8-10,13H,2-7,12H2,1H3/t8?,9?,10-/m0/s1. The zero-order chi connectivity index (χ0) is 10.8. The molecule has 0 aromatic rings. The van der Waals surface area contributed by atoms with Crippen molar-refractivity contribution >= 4 is 5.91 Å². The van der Waals surface area contributed by atoms with Gasteiger partial charge in [0.05, 0.1) is 6.04 Å². The van der Waals surface area contributed by atoms with Gasteiger partial charge in [0.1, 0.15) is 0 Å². The Morgan fingerprint density at radius 2 is 2.20 bits per heavy atom. The Bertz CT molecular complexity index is 238. The van der Waals surface area contributed by atoms with Crippen LogP contribution in [0.15, 0.2) is 0 Å². The molecule has 1 amide bonds. The lowest BCUT2D eigenvalue weighted by Crippen LogP contribution is -2.51. The van der Waals surface area contributed by atoms with Crippen molar-refractivity contribution in [2.75, 3.05) is 13.1 Å². The van der Waals surface area contributed by atoms with Crippen LogP contribution in [0.3, 0.4) is 0 Å². The maximum Gasteiger partial charge on any atom is 0.239 e. The number of carbonyl (C=O) groups excluding carboxylic acids is 1. The van der Waals surface area contributed by atoms with Crippen molar-refractivity contribution in [1.82, 2.24) is 10.2 Å². The summed E-state index contributed by atoms with van der Waals surface area (Å²) in [6.45, 7) is 3.86. The van der Waals surface area contributed by atoms with Gasteiger partial charge in [0.25, 0.3) is 0 Å². The number of rotatable bonds is 1. The van der Waals surface area contributed by atoms with E-state index in [2.05, 4.69) is 12.2 Å². The molecule has 15 heavy (non-hydrogen) atoms. The molecule has 0 radical (unpaired) electrons. The topological polar surface area (TPSA) is 58.4 Å². The summed E-state index contributed by atoms with van der Waals surface area (Å²) in [6, 6.07) is 0.422. The van der Waals surface area contributed by atoms with Crippen LogP contribution in [-0.2, 0) is 4.79 Å². The molecule has 0 bridgehead atoms. The largest absolute Gasteiger partial charge is 0.337 e. The maximum atomic E-state index is 12.2. The third kappa shape index (κ3) is 2.16. The number of nitrogens with one attached hydrogen (secondary N) is 1. The van der Waals surface area contributed by atoms with Crippen molar-refractivity contribution in [3.63, 3.8) is 0 Å². The second-order valence-corrected chi connectivity index (χ2v) is 4.73. The van der Waals surface area contributed by atoms with Crippen LogP contribution in [-0.4, -0.2) is 42.0 Å². The van der Waals surface area contributed by atoms with E-state index in [0.29, 0.717) is 0 Å². The number of nitrogens with two attached hydrogens (primary N) is 1. The molecule has 3 atom stereocenters. The lowest BCUT2D eigenvalue weighted by molar-refractivity contribution is -0.134. The average Bonchev–Trinajstić information content (AvgIpc) is 2.60. The van der Waals surface area contributed by atoms with E-state index in [1.165, 1.54) is 6.42 Å². The van der Waals surface area contributed by atoms with Gasteiger partial charge >= 0.3 is 0 Å². The summed E-state index contributed by atoms with van der Waals surface area (Å²) in [6.07, 6.45) is 4.29. The molecule has 2 saturated heterocycles. The predicted molar refractivity (Wildman–Crippen MR) is 59.4 cm³/mol. The van der Waals surface area contributed by atoms with Crippen LogP contribution >= 0.6 is 0 Å². The second-order valence-electron chi connectivity index (χ2n) is 4.73. The van der Waals surface area contributed by atoms with Crippen molar-refractivity contribution in [3.05, 3.63) is 0 Å². The molecule has 4 heteroatoms. The minimum absolute atomic E-state index is 0.0477. The number of piperidine rings is 1. The Hall–Kier alpha value is -0.610. The van der Waals surface area contributed by atoms with Crippen LogP contribution < -0.4 is 11.1 Å². The first-order chi connectivity index (χ1) is 7.20. The van der Waals surface area contributed by atoms with E-state index >= 15 is 0 Å². The highest BCUT2D eigenvalue weighted by molar-refractivity contribution is 5.82. The minimum atomic E-state index is 0.0477. The fourth-order valence-electron chi connectivity index (χ4n) is 2.54. The normalized spacial score (nSPS) is 36.9. The van der Waals surface area contributed by atoms with Crippen molar-refractivity contribution < 1.29 is 4.79 Å². The van der Waals surface area contributed by atoms with Crippen molar-refractivity contribution in [1.29, 1.82) is 0 Å². The number of likely N-dealkylation sites (tertiary alicyclic amines) is 1. The van der Waals surface area contributed by atoms with Crippen LogP contribution in [0.25, 0.3) is 0 Å². The first-order valence-corrected chi connectivity index (χ1v) is 5.99. The monoisotopic (exact) mass is 211 g/mol. The van der Waals surface area contributed by atoms with Crippen LogP contribution in [0.1, 0.15) is 32.6 Å². The Kier molecular flexibility index (Phi) is 3.26. The smallest absolute Gasteiger partial charge is 0.239 e. The Morgan fingerprint density at radius 1 is 1.40 bits per heavy atom. The lowest BCUT2D eigenvalue weighted by atomic mass is 10.0. The molecule has 0 spiro atoms. The van der Waals surface area contributed by atoms with Crippen LogP contribution in [0.2, 0.25) is 0 Å². The SMILES string of the molecule is CC1C(N)CCN1C(=O)[C@@H]1CCCCN1. The third-order valence-electron chi connectivity index (χ3n) is 3.71. The number of hydrogen-bond acceptors (Lipinski definition) is 3. The number of amides is 1. The van der Waals surface area contributed by atoms with E-state index in [0.717, 1.165) is 32.4 Å². The number of nitrogens with zero attached hydrogens (tertiary/aromatic N) is 1. The zero-order valence-corrected chi connectivity index (χ0v) is 9.41. The van der Waals surface area contributed by atoms with Gasteiger partial charge in [-0.1, -0.05) is 6.42 Å². The van der Waals surface area contributed by atoms with Gasteiger partial charge < -0.3 is 16.0 Å². The molecule has 0 saturated carbocycles. The summed E-state index contributed by atoms with van der Waals surface area (Å²) in [4.78, 5) is 14.1. The molecule has 4 nitrogen and oxygen atoms in total. The van der Waals surface area contributed by atoms with E-state index in [1.807, 2.05) is 4.90 Å². The van der Waals surface area contributed by atoms with Crippen molar-refractivity contribution in [3.8, 4) is 0 Å². The van der Waals surface area contributed by atoms with Gasteiger partial charge in [0.15, 0.2) is 0 Å². The highest BCUT2D eigenvalue weighted by Crippen LogP contribution is 2.19. The van der Waals surface area contributed by atoms with E-state index in [1.54, 1.807) is 0 Å². The van der Waals surface area contributed by atoms with E-state index in [4.69, 9.17) is 5.73 Å². The first kappa shape index (κ1) is 10.9. The quantitative estimate of drug-likeness (QED) is 0.645. The zero-order valence-electron chi connectivity index (χ0n) is 9.41. The van der Waals surface area contributed by atoms with Crippen LogP contribution in [0.5, 0.6) is 0 Å². The second kappa shape index (κ2) is 4.49. The molecule has 2 fully saturated rings. The van der Waals surface area contributed by atoms with Gasteiger partial charge in [0.2, 0.25) is 5.91 Å². The average molecular weight is 211 g/mol. The molecule has 0 aliphatic carbocycles. The number of carbonyl (C=O) groups is 1. The summed E-state index contributed by atoms with van der Waals surface area (Å²) in [5, 5.41) is 3.30. The fraction of sp³-hybridized carbons (Fsp3) is 0.909. The van der Waals surface area contributed by atoms with Gasteiger partial charge in [-0.05, 0) is 32.7 Å². The number of hydrogen-bond donors (Lipinski definition) is 2. The van der Waals surface area contributed by atoms with Crippen LogP contribution in [0.4, 0.5) is 0 Å². The molecule has 2 unspecified atom stereocenters. The molecule has 2 heterocycles. The minimum Gasteiger partial charge on any atom is -0.337 e. The summed E-state index contributed by atoms with van der Waals surface area (Å²) in [5.74, 6) is 0.259. The first-order valence-electron chi connectivity index (χ1n) is 5.99. The fourth-order valence-corrected chi connectivity index (χ4v) is 2.54. The lowest BCUT2D eigenvalue weighted by Gasteiger charge is -2.30. The van der Waals surface area contributed by atoms with Crippen LogP contribution in [0, 0.1) is 0 Å². The maximum absolute atomic E-state index is 12.2. The highest BCUT2D eigenvalue weighted by Gasteiger charge is 2.35. The van der Waals surface area contributed by atoms with Crippen molar-refractivity contribution in [2.24, 2.45) is 5.73 Å². The molecule has 2 aliphatic heterocycles. The molecule has 2 aliphatic rings. The molecular weight excluding hydrogens is 190 g/mol. The summed E-state index contributed by atoms with van der Waals surface area (Å²) in [7, 11) is 0. The van der Waals surface area contributed by atoms with Gasteiger partial charge in [-0.3, -0.25) is 4.79 Å². The predicted octanol–water partition coefficient (Wildman–Crippen LogP) is 0.0766. The molecular formula is C11H21N3O. The molecule has 86 valence electrons. The Labute approximate surface area is 91.2 Å². The van der Waals surface area contributed by atoms with Gasteiger partial charge in [-0.2, -0.15) is 0 Å². The van der Waals surface area contributed by atoms with E-state index in [9.17, 15) is 4.79 Å². The van der Waals surface area contributed by atoms with Gasteiger partial charge in [-0.15, -0.1) is 0 Å². The third-order valence-corrected chi connectivity index (χ3v) is 3.71. The van der Waals surface area contributed by atoms with E-state index < -0.39 is 0 Å². The molecule has 0 aromatic carbocycles. The summed E-state index contributed by atoms with van der Waals surface area (Å²) in [5.41, 5.74) is 5.92. The Balaban J connectivity index is 1.95. The highest BCUT2D eigenvalue weighted by atomic mass is 16.2. The van der Waals surface area contributed by atoms with Gasteiger partial charge in [-0.25, -0.2) is 0 Å². The van der Waals surface area contributed by atoms with Crippen molar-refractivity contribution in [2.45, 2.75) is 50.7 Å². The van der Waals surface area contributed by atoms with Gasteiger partial charge in [0, 0.05) is 18.6 Å². The molecule has 0 aromatic heterocycles. The van der Waals surface area contributed by atoms with E-state index in [-0.39, 0.29) is 24.0 Å².